The lowest BCUT2D eigenvalue weighted by Crippen LogP contribution is -2.31. The van der Waals surface area contributed by atoms with Crippen LogP contribution in [0.3, 0.4) is 0 Å². The van der Waals surface area contributed by atoms with Gasteiger partial charge in [-0.05, 0) is 38.1 Å². The summed E-state index contributed by atoms with van der Waals surface area (Å²) in [5.41, 5.74) is 5.73. The van der Waals surface area contributed by atoms with Gasteiger partial charge in [0.15, 0.2) is 0 Å². The molecule has 0 saturated carbocycles. The van der Waals surface area contributed by atoms with E-state index in [4.69, 9.17) is 22.1 Å². The van der Waals surface area contributed by atoms with Gasteiger partial charge in [-0.3, -0.25) is 14.6 Å². The minimum Gasteiger partial charge on any atom is -0.456 e. The summed E-state index contributed by atoms with van der Waals surface area (Å²) in [5, 5.41) is 0.314. The number of carbonyl (C=O) groups excluding carboxylic acids is 1. The fourth-order valence-electron chi connectivity index (χ4n) is 2.59. The number of nitrogens with zero attached hydrogens (tertiary/aromatic N) is 3. The molecule has 0 aliphatic rings. The van der Waals surface area contributed by atoms with Gasteiger partial charge in [-0.2, -0.15) is 0 Å². The zero-order valence-corrected chi connectivity index (χ0v) is 15.5. The molecule has 7 nitrogen and oxygen atoms in total. The molecule has 27 heavy (non-hydrogen) atoms. The van der Waals surface area contributed by atoms with Crippen molar-refractivity contribution in [3.63, 3.8) is 0 Å². The van der Waals surface area contributed by atoms with Crippen LogP contribution < -0.4 is 16.0 Å². The molecular formula is C19H17ClN4O3. The van der Waals surface area contributed by atoms with Gasteiger partial charge in [0.1, 0.15) is 22.2 Å². The number of pyridine rings is 3. The number of aromatic nitrogens is 3. The van der Waals surface area contributed by atoms with Gasteiger partial charge in [-0.25, -0.2) is 4.98 Å². The van der Waals surface area contributed by atoms with Gasteiger partial charge in [-0.15, -0.1) is 0 Å². The summed E-state index contributed by atoms with van der Waals surface area (Å²) in [7, 11) is 0. The smallest absolute Gasteiger partial charge is 0.264 e. The van der Waals surface area contributed by atoms with E-state index in [1.807, 2.05) is 13.8 Å². The number of hydrogen-bond donors (Lipinski definition) is 1. The quantitative estimate of drug-likeness (QED) is 0.679. The van der Waals surface area contributed by atoms with E-state index >= 15 is 0 Å². The first kappa shape index (κ1) is 18.6. The van der Waals surface area contributed by atoms with E-state index in [0.29, 0.717) is 27.9 Å². The molecule has 1 amide bonds. The van der Waals surface area contributed by atoms with Gasteiger partial charge in [-0.1, -0.05) is 11.6 Å². The number of primary amides is 1. The van der Waals surface area contributed by atoms with Crippen molar-refractivity contribution in [1.82, 2.24) is 14.5 Å². The molecule has 138 valence electrons. The average Bonchev–Trinajstić information content (AvgIpc) is 2.61. The molecule has 3 aromatic rings. The summed E-state index contributed by atoms with van der Waals surface area (Å²) < 4.78 is 7.11. The van der Waals surface area contributed by atoms with Gasteiger partial charge in [0.05, 0.1) is 11.9 Å². The van der Waals surface area contributed by atoms with Crippen molar-refractivity contribution in [3.05, 3.63) is 70.0 Å². The van der Waals surface area contributed by atoms with Crippen LogP contribution in [0, 0.1) is 0 Å². The first-order chi connectivity index (χ1) is 12.9. The Kier molecular flexibility index (Phi) is 5.23. The molecule has 0 aliphatic heterocycles. The largest absolute Gasteiger partial charge is 0.456 e. The van der Waals surface area contributed by atoms with Crippen LogP contribution in [-0.2, 0) is 0 Å². The summed E-state index contributed by atoms with van der Waals surface area (Å²) in [5.74, 6) is 0.192. The molecule has 0 bridgehead atoms. The molecule has 3 rings (SSSR count). The van der Waals surface area contributed by atoms with E-state index < -0.39 is 11.5 Å². The number of carbonyl (C=O) groups is 1. The third-order valence-corrected chi connectivity index (χ3v) is 4.07. The molecule has 3 heterocycles. The second-order valence-electron chi connectivity index (χ2n) is 6.07. The van der Waals surface area contributed by atoms with Crippen LogP contribution in [0.2, 0.25) is 5.15 Å². The highest BCUT2D eigenvalue weighted by Crippen LogP contribution is 2.25. The van der Waals surface area contributed by atoms with Crippen molar-refractivity contribution in [2.45, 2.75) is 19.9 Å². The highest BCUT2D eigenvalue weighted by Gasteiger charge is 2.18. The van der Waals surface area contributed by atoms with Crippen LogP contribution in [-0.4, -0.2) is 20.4 Å². The Morgan fingerprint density at radius 2 is 1.96 bits per heavy atom. The first-order valence-corrected chi connectivity index (χ1v) is 8.55. The molecule has 0 aromatic carbocycles. The van der Waals surface area contributed by atoms with E-state index in [1.54, 1.807) is 36.5 Å². The van der Waals surface area contributed by atoms with Gasteiger partial charge >= 0.3 is 0 Å². The van der Waals surface area contributed by atoms with E-state index in [1.165, 1.54) is 17.0 Å². The van der Waals surface area contributed by atoms with Crippen molar-refractivity contribution in [1.29, 1.82) is 0 Å². The average molecular weight is 385 g/mol. The fourth-order valence-corrected chi connectivity index (χ4v) is 2.76. The van der Waals surface area contributed by atoms with E-state index in [9.17, 15) is 9.59 Å². The predicted octanol–water partition coefficient (Wildman–Crippen LogP) is 3.43. The number of ether oxygens (including phenoxy) is 1. The zero-order valence-electron chi connectivity index (χ0n) is 14.7. The molecule has 0 atom stereocenters. The van der Waals surface area contributed by atoms with E-state index in [-0.39, 0.29) is 11.6 Å². The summed E-state index contributed by atoms with van der Waals surface area (Å²) in [6.07, 6.45) is 4.64. The third kappa shape index (κ3) is 3.98. The Labute approximate surface area is 160 Å². The lowest BCUT2D eigenvalue weighted by molar-refractivity contribution is 0.0999. The van der Waals surface area contributed by atoms with Gasteiger partial charge < -0.3 is 15.0 Å². The Morgan fingerprint density at radius 1 is 1.19 bits per heavy atom. The van der Waals surface area contributed by atoms with Crippen molar-refractivity contribution in [2.24, 2.45) is 5.73 Å². The summed E-state index contributed by atoms with van der Waals surface area (Å²) in [4.78, 5) is 32.6. The topological polar surface area (TPSA) is 100 Å². The lowest BCUT2D eigenvalue weighted by Gasteiger charge is -2.13. The van der Waals surface area contributed by atoms with Crippen LogP contribution in [0.5, 0.6) is 11.5 Å². The van der Waals surface area contributed by atoms with Crippen molar-refractivity contribution >= 4 is 17.5 Å². The maximum atomic E-state index is 12.6. The van der Waals surface area contributed by atoms with Crippen molar-refractivity contribution in [2.75, 3.05) is 0 Å². The number of amides is 1. The second kappa shape index (κ2) is 7.59. The maximum absolute atomic E-state index is 12.6. The normalized spacial score (nSPS) is 10.8. The Bertz CT molecular complexity index is 1050. The molecule has 0 fully saturated rings. The minimum absolute atomic E-state index is 0.0896. The number of rotatable bonds is 5. The fraction of sp³-hybridized carbons (Fsp3) is 0.158. The molecule has 0 saturated heterocycles. The lowest BCUT2D eigenvalue weighted by atomic mass is 10.1. The highest BCUT2D eigenvalue weighted by atomic mass is 35.5. The van der Waals surface area contributed by atoms with Crippen LogP contribution >= 0.6 is 11.6 Å². The molecular weight excluding hydrogens is 368 g/mol. The van der Waals surface area contributed by atoms with Crippen LogP contribution in [0.15, 0.2) is 53.7 Å². The molecule has 0 spiro atoms. The SMILES string of the molecule is CC(C)n1ccc(-c2ccc(Oc3ccnc(Cl)c3)cn2)c(C(N)=O)c1=O. The van der Waals surface area contributed by atoms with Crippen molar-refractivity contribution in [3.8, 4) is 22.8 Å². The van der Waals surface area contributed by atoms with Gasteiger partial charge in [0.2, 0.25) is 0 Å². The summed E-state index contributed by atoms with van der Waals surface area (Å²) in [6.45, 7) is 3.70. The summed E-state index contributed by atoms with van der Waals surface area (Å²) >= 11 is 5.83. The molecule has 0 aliphatic carbocycles. The minimum atomic E-state index is -0.793. The van der Waals surface area contributed by atoms with E-state index in [2.05, 4.69) is 9.97 Å². The molecule has 8 heteroatoms. The molecule has 0 unspecified atom stereocenters. The molecule has 0 radical (unpaired) electrons. The molecule has 2 N–H and O–H groups in total. The standard InChI is InChI=1S/C19H17ClN4O3/c1-11(2)24-8-6-14(17(18(21)25)19(24)26)15-4-3-13(10-23-15)27-12-5-7-22-16(20)9-12/h3-11H,1-2H3,(H2,21,25). The third-order valence-electron chi connectivity index (χ3n) is 3.87. The maximum Gasteiger partial charge on any atom is 0.264 e. The van der Waals surface area contributed by atoms with Crippen molar-refractivity contribution < 1.29 is 9.53 Å². The zero-order chi connectivity index (χ0) is 19.6. The Hall–Kier alpha value is -3.19. The number of nitrogens with two attached hydrogens (primary N) is 1. The Morgan fingerprint density at radius 3 is 2.56 bits per heavy atom. The van der Waals surface area contributed by atoms with Crippen LogP contribution in [0.4, 0.5) is 0 Å². The Balaban J connectivity index is 1.96. The molecule has 3 aromatic heterocycles. The van der Waals surface area contributed by atoms with Gasteiger partial charge in [0, 0.05) is 30.1 Å². The monoisotopic (exact) mass is 384 g/mol. The number of hydrogen-bond acceptors (Lipinski definition) is 5. The predicted molar refractivity (Wildman–Crippen MR) is 102 cm³/mol. The van der Waals surface area contributed by atoms with Crippen LogP contribution in [0.1, 0.15) is 30.2 Å². The van der Waals surface area contributed by atoms with Gasteiger partial charge in [0.25, 0.3) is 11.5 Å². The van der Waals surface area contributed by atoms with E-state index in [0.717, 1.165) is 0 Å². The second-order valence-corrected chi connectivity index (χ2v) is 6.46. The van der Waals surface area contributed by atoms with Crippen LogP contribution in [0.25, 0.3) is 11.3 Å². The first-order valence-electron chi connectivity index (χ1n) is 8.17. The highest BCUT2D eigenvalue weighted by molar-refractivity contribution is 6.29. The summed E-state index contributed by atoms with van der Waals surface area (Å²) in [6, 6.07) is 8.13. The number of halogens is 1.